The van der Waals surface area contributed by atoms with Crippen LogP contribution < -0.4 is 5.32 Å². The highest BCUT2D eigenvalue weighted by Gasteiger charge is 2.11. The Bertz CT molecular complexity index is 310. The summed E-state index contributed by atoms with van der Waals surface area (Å²) in [5.41, 5.74) is 0.380. The highest BCUT2D eigenvalue weighted by molar-refractivity contribution is 6.32. The molecule has 0 spiro atoms. The number of nitrogens with one attached hydrogen (secondary N) is 1. The lowest BCUT2D eigenvalue weighted by Crippen LogP contribution is -2.31. The van der Waals surface area contributed by atoms with Crippen molar-refractivity contribution >= 4 is 17.5 Å². The van der Waals surface area contributed by atoms with E-state index in [4.69, 9.17) is 16.0 Å². The molecule has 0 aliphatic carbocycles. The molecule has 0 unspecified atom stereocenters. The van der Waals surface area contributed by atoms with E-state index in [2.05, 4.69) is 5.32 Å². The minimum Gasteiger partial charge on any atom is -0.452 e. The fraction of sp³-hybridized carbons (Fsp3) is 0.444. The standard InChI is InChI=1S/C9H13ClN2O2/c1-12(2)5-4-11-9(13)7-3-6-14-8(7)10/h3,6H,4-5H2,1-2H3,(H,11,13). The largest absolute Gasteiger partial charge is 0.452 e. The second kappa shape index (κ2) is 5.02. The van der Waals surface area contributed by atoms with Crippen LogP contribution in [0.3, 0.4) is 0 Å². The lowest BCUT2D eigenvalue weighted by Gasteiger charge is -2.09. The Balaban J connectivity index is 2.40. The predicted octanol–water partition coefficient (Wildman–Crippen LogP) is 1.22. The summed E-state index contributed by atoms with van der Waals surface area (Å²) in [7, 11) is 3.88. The summed E-state index contributed by atoms with van der Waals surface area (Å²) < 4.78 is 4.81. The first-order valence-electron chi connectivity index (χ1n) is 4.27. The molecule has 0 aliphatic heterocycles. The summed E-state index contributed by atoms with van der Waals surface area (Å²) in [5.74, 6) is -0.203. The number of halogens is 1. The highest BCUT2D eigenvalue weighted by Crippen LogP contribution is 2.15. The average molecular weight is 217 g/mol. The molecule has 0 bridgehead atoms. The van der Waals surface area contributed by atoms with E-state index in [0.717, 1.165) is 6.54 Å². The maximum absolute atomic E-state index is 11.4. The van der Waals surface area contributed by atoms with Crippen LogP contribution in [0.25, 0.3) is 0 Å². The van der Waals surface area contributed by atoms with E-state index in [0.29, 0.717) is 12.1 Å². The van der Waals surface area contributed by atoms with Gasteiger partial charge in [0.05, 0.1) is 11.8 Å². The molecule has 0 radical (unpaired) electrons. The zero-order valence-electron chi connectivity index (χ0n) is 8.21. The number of amides is 1. The quantitative estimate of drug-likeness (QED) is 0.824. The van der Waals surface area contributed by atoms with Crippen LogP contribution in [-0.4, -0.2) is 38.0 Å². The van der Waals surface area contributed by atoms with Crippen molar-refractivity contribution in [3.8, 4) is 0 Å². The minimum atomic E-state index is -0.203. The summed E-state index contributed by atoms with van der Waals surface area (Å²) >= 11 is 5.64. The zero-order valence-corrected chi connectivity index (χ0v) is 8.97. The Morgan fingerprint density at radius 2 is 2.36 bits per heavy atom. The third-order valence-electron chi connectivity index (χ3n) is 1.71. The zero-order chi connectivity index (χ0) is 10.6. The van der Waals surface area contributed by atoms with Crippen molar-refractivity contribution < 1.29 is 9.21 Å². The van der Waals surface area contributed by atoms with Crippen LogP contribution >= 0.6 is 11.6 Å². The molecule has 4 nitrogen and oxygen atoms in total. The number of hydrogen-bond acceptors (Lipinski definition) is 3. The number of rotatable bonds is 4. The molecule has 14 heavy (non-hydrogen) atoms. The van der Waals surface area contributed by atoms with E-state index < -0.39 is 0 Å². The predicted molar refractivity (Wildman–Crippen MR) is 54.6 cm³/mol. The molecule has 0 saturated heterocycles. The van der Waals surface area contributed by atoms with Crippen LogP contribution in [0.4, 0.5) is 0 Å². The summed E-state index contributed by atoms with van der Waals surface area (Å²) in [5, 5.41) is 2.86. The van der Waals surface area contributed by atoms with Gasteiger partial charge in [-0.25, -0.2) is 0 Å². The van der Waals surface area contributed by atoms with E-state index in [9.17, 15) is 4.79 Å². The second-order valence-corrected chi connectivity index (χ2v) is 3.51. The molecule has 0 aliphatic rings. The summed E-state index contributed by atoms with van der Waals surface area (Å²) in [6, 6.07) is 1.55. The fourth-order valence-corrected chi connectivity index (χ4v) is 1.14. The first-order chi connectivity index (χ1) is 6.61. The molecule has 0 aromatic carbocycles. The van der Waals surface area contributed by atoms with Gasteiger partial charge in [-0.15, -0.1) is 0 Å². The fourth-order valence-electron chi connectivity index (χ4n) is 0.944. The van der Waals surface area contributed by atoms with Crippen molar-refractivity contribution in [3.63, 3.8) is 0 Å². The molecule has 0 fully saturated rings. The molecule has 1 aromatic rings. The van der Waals surface area contributed by atoms with Crippen molar-refractivity contribution in [1.82, 2.24) is 10.2 Å². The average Bonchev–Trinajstić information content (AvgIpc) is 2.50. The van der Waals surface area contributed by atoms with E-state index in [-0.39, 0.29) is 11.1 Å². The van der Waals surface area contributed by atoms with Crippen molar-refractivity contribution in [2.75, 3.05) is 27.2 Å². The van der Waals surface area contributed by atoms with Crippen LogP contribution in [-0.2, 0) is 0 Å². The van der Waals surface area contributed by atoms with E-state index in [1.165, 1.54) is 6.26 Å². The lowest BCUT2D eigenvalue weighted by atomic mass is 10.3. The van der Waals surface area contributed by atoms with Crippen molar-refractivity contribution in [2.45, 2.75) is 0 Å². The SMILES string of the molecule is CN(C)CCNC(=O)c1ccoc1Cl. The number of furan rings is 1. The van der Waals surface area contributed by atoms with Crippen molar-refractivity contribution in [3.05, 3.63) is 23.1 Å². The third-order valence-corrected chi connectivity index (χ3v) is 2.00. The summed E-state index contributed by atoms with van der Waals surface area (Å²) in [6.07, 6.45) is 1.39. The van der Waals surface area contributed by atoms with Crippen LogP contribution in [0, 0.1) is 0 Å². The van der Waals surface area contributed by atoms with Crippen LogP contribution in [0.5, 0.6) is 0 Å². The Morgan fingerprint density at radius 3 is 2.86 bits per heavy atom. The normalized spacial score (nSPS) is 10.6. The molecule has 1 amide bonds. The van der Waals surface area contributed by atoms with Gasteiger partial charge >= 0.3 is 0 Å². The highest BCUT2D eigenvalue weighted by atomic mass is 35.5. The van der Waals surface area contributed by atoms with Crippen LogP contribution in [0.2, 0.25) is 5.22 Å². The number of carbonyl (C=O) groups is 1. The van der Waals surface area contributed by atoms with Gasteiger partial charge in [0.2, 0.25) is 5.22 Å². The van der Waals surface area contributed by atoms with Gasteiger partial charge in [0.1, 0.15) is 0 Å². The molecule has 0 atom stereocenters. The van der Waals surface area contributed by atoms with Gasteiger partial charge in [-0.1, -0.05) is 0 Å². The molecular formula is C9H13ClN2O2. The molecule has 0 saturated carbocycles. The molecule has 1 heterocycles. The first-order valence-corrected chi connectivity index (χ1v) is 4.65. The smallest absolute Gasteiger partial charge is 0.256 e. The number of carbonyl (C=O) groups excluding carboxylic acids is 1. The van der Waals surface area contributed by atoms with Gasteiger partial charge in [-0.05, 0) is 31.8 Å². The van der Waals surface area contributed by atoms with E-state index >= 15 is 0 Å². The van der Waals surface area contributed by atoms with E-state index in [1.807, 2.05) is 19.0 Å². The maximum Gasteiger partial charge on any atom is 0.256 e. The van der Waals surface area contributed by atoms with Gasteiger partial charge in [-0.2, -0.15) is 0 Å². The minimum absolute atomic E-state index is 0.132. The number of likely N-dealkylation sites (N-methyl/N-ethyl adjacent to an activating group) is 1. The summed E-state index contributed by atoms with van der Waals surface area (Å²) in [6.45, 7) is 1.38. The molecule has 78 valence electrons. The van der Waals surface area contributed by atoms with E-state index in [1.54, 1.807) is 6.07 Å². The van der Waals surface area contributed by atoms with Gasteiger partial charge in [0.25, 0.3) is 5.91 Å². The lowest BCUT2D eigenvalue weighted by molar-refractivity contribution is 0.0950. The Labute approximate surface area is 87.8 Å². The van der Waals surface area contributed by atoms with Crippen LogP contribution in [0.15, 0.2) is 16.7 Å². The Kier molecular flexibility index (Phi) is 3.98. The Morgan fingerprint density at radius 1 is 1.64 bits per heavy atom. The topological polar surface area (TPSA) is 45.5 Å². The monoisotopic (exact) mass is 216 g/mol. The first kappa shape index (κ1) is 11.1. The van der Waals surface area contributed by atoms with Crippen molar-refractivity contribution in [1.29, 1.82) is 0 Å². The van der Waals surface area contributed by atoms with Crippen molar-refractivity contribution in [2.24, 2.45) is 0 Å². The van der Waals surface area contributed by atoms with Gasteiger partial charge in [0, 0.05) is 13.1 Å². The maximum atomic E-state index is 11.4. The third kappa shape index (κ3) is 3.05. The molecule has 5 heteroatoms. The Hall–Kier alpha value is -1.00. The number of hydrogen-bond donors (Lipinski definition) is 1. The molecule has 1 rings (SSSR count). The summed E-state index contributed by atoms with van der Waals surface area (Å²) in [4.78, 5) is 13.4. The van der Waals surface area contributed by atoms with Gasteiger partial charge < -0.3 is 14.6 Å². The van der Waals surface area contributed by atoms with Crippen LogP contribution in [0.1, 0.15) is 10.4 Å². The second-order valence-electron chi connectivity index (χ2n) is 3.17. The molecule has 1 N–H and O–H groups in total. The number of nitrogens with zero attached hydrogens (tertiary/aromatic N) is 1. The molecule has 1 aromatic heterocycles. The van der Waals surface area contributed by atoms with Gasteiger partial charge in [-0.3, -0.25) is 4.79 Å². The molecular weight excluding hydrogens is 204 g/mol. The van der Waals surface area contributed by atoms with Gasteiger partial charge in [0.15, 0.2) is 0 Å².